The molecule has 0 amide bonds. The maximum Gasteiger partial charge on any atom is 0.102 e. The minimum atomic E-state index is 0.522. The van der Waals surface area contributed by atoms with Crippen molar-refractivity contribution in [1.82, 2.24) is 4.98 Å². The lowest BCUT2D eigenvalue weighted by molar-refractivity contribution is 0.981. The van der Waals surface area contributed by atoms with Crippen molar-refractivity contribution in [3.63, 3.8) is 0 Å². The molecule has 21 heavy (non-hydrogen) atoms. The highest BCUT2D eigenvalue weighted by Crippen LogP contribution is 2.27. The van der Waals surface area contributed by atoms with E-state index in [-0.39, 0.29) is 0 Å². The number of thioether (sulfide) groups is 1. The third-order valence-corrected chi connectivity index (χ3v) is 4.55. The summed E-state index contributed by atoms with van der Waals surface area (Å²) in [7, 11) is 0. The maximum absolute atomic E-state index is 5.88. The quantitative estimate of drug-likeness (QED) is 0.729. The molecular formula is C18H18N2S. The van der Waals surface area contributed by atoms with Crippen LogP contribution in [0.5, 0.6) is 0 Å². The number of para-hydroxylation sites is 1. The lowest BCUT2D eigenvalue weighted by atomic mass is 10.1. The van der Waals surface area contributed by atoms with E-state index >= 15 is 0 Å². The Morgan fingerprint density at radius 2 is 1.90 bits per heavy atom. The molecule has 0 fully saturated rings. The summed E-state index contributed by atoms with van der Waals surface area (Å²) in [5.74, 6) is 0.917. The Kier molecular flexibility index (Phi) is 4.23. The molecule has 106 valence electrons. The molecular weight excluding hydrogens is 276 g/mol. The Balaban J connectivity index is 1.88. The summed E-state index contributed by atoms with van der Waals surface area (Å²) in [6.45, 7) is 2.64. The van der Waals surface area contributed by atoms with E-state index in [1.54, 1.807) is 11.8 Å². The second kappa shape index (κ2) is 6.29. The SMILES string of the molecule is Cc1cccc(CSc2nc3ccccc3cc2CN)c1. The number of hydrogen-bond acceptors (Lipinski definition) is 3. The van der Waals surface area contributed by atoms with E-state index in [9.17, 15) is 0 Å². The molecule has 0 bridgehead atoms. The summed E-state index contributed by atoms with van der Waals surface area (Å²) < 4.78 is 0. The molecule has 0 spiro atoms. The van der Waals surface area contributed by atoms with Crippen LogP contribution in [-0.2, 0) is 12.3 Å². The molecule has 0 atom stereocenters. The van der Waals surface area contributed by atoms with Gasteiger partial charge >= 0.3 is 0 Å². The molecule has 0 aliphatic carbocycles. The van der Waals surface area contributed by atoms with Gasteiger partial charge in [-0.25, -0.2) is 4.98 Å². The summed E-state index contributed by atoms with van der Waals surface area (Å²) in [6, 6.07) is 18.9. The summed E-state index contributed by atoms with van der Waals surface area (Å²) in [4.78, 5) is 4.77. The minimum Gasteiger partial charge on any atom is -0.326 e. The lowest BCUT2D eigenvalue weighted by Crippen LogP contribution is -2.01. The number of nitrogens with two attached hydrogens (primary N) is 1. The molecule has 0 saturated heterocycles. The Morgan fingerprint density at radius 3 is 2.71 bits per heavy atom. The topological polar surface area (TPSA) is 38.9 Å². The van der Waals surface area contributed by atoms with Crippen LogP contribution >= 0.6 is 11.8 Å². The molecule has 1 aromatic heterocycles. The maximum atomic E-state index is 5.88. The fourth-order valence-corrected chi connectivity index (χ4v) is 3.34. The van der Waals surface area contributed by atoms with Crippen LogP contribution in [0.3, 0.4) is 0 Å². The van der Waals surface area contributed by atoms with Crippen molar-refractivity contribution in [2.45, 2.75) is 24.2 Å². The van der Waals surface area contributed by atoms with Crippen LogP contribution in [0.1, 0.15) is 16.7 Å². The lowest BCUT2D eigenvalue weighted by Gasteiger charge is -2.09. The number of hydrogen-bond donors (Lipinski definition) is 1. The molecule has 2 N–H and O–H groups in total. The monoisotopic (exact) mass is 294 g/mol. The number of rotatable bonds is 4. The van der Waals surface area contributed by atoms with Crippen LogP contribution in [0, 0.1) is 6.92 Å². The predicted octanol–water partition coefficient (Wildman–Crippen LogP) is 4.29. The van der Waals surface area contributed by atoms with Gasteiger partial charge in [-0.1, -0.05) is 48.0 Å². The van der Waals surface area contributed by atoms with E-state index in [0.29, 0.717) is 6.54 Å². The number of aromatic nitrogens is 1. The van der Waals surface area contributed by atoms with Gasteiger partial charge in [-0.15, -0.1) is 11.8 Å². The number of pyridine rings is 1. The minimum absolute atomic E-state index is 0.522. The Bertz CT molecular complexity index is 768. The smallest absolute Gasteiger partial charge is 0.102 e. The summed E-state index contributed by atoms with van der Waals surface area (Å²) in [5.41, 5.74) is 10.6. The van der Waals surface area contributed by atoms with Gasteiger partial charge in [0.05, 0.1) is 5.52 Å². The van der Waals surface area contributed by atoms with Crippen molar-refractivity contribution < 1.29 is 0 Å². The first-order valence-electron chi connectivity index (χ1n) is 7.03. The Morgan fingerprint density at radius 1 is 1.05 bits per heavy atom. The van der Waals surface area contributed by atoms with Crippen molar-refractivity contribution >= 4 is 22.7 Å². The summed E-state index contributed by atoms with van der Waals surface area (Å²) in [5, 5.41) is 2.19. The van der Waals surface area contributed by atoms with E-state index in [4.69, 9.17) is 10.7 Å². The third kappa shape index (κ3) is 3.26. The van der Waals surface area contributed by atoms with Crippen molar-refractivity contribution in [1.29, 1.82) is 0 Å². The van der Waals surface area contributed by atoms with Crippen molar-refractivity contribution in [2.75, 3.05) is 0 Å². The van der Waals surface area contributed by atoms with Gasteiger partial charge in [0.15, 0.2) is 0 Å². The molecule has 3 aromatic rings. The first-order valence-corrected chi connectivity index (χ1v) is 8.02. The highest BCUT2D eigenvalue weighted by molar-refractivity contribution is 7.98. The zero-order valence-electron chi connectivity index (χ0n) is 12.0. The zero-order valence-corrected chi connectivity index (χ0v) is 12.9. The number of benzene rings is 2. The van der Waals surface area contributed by atoms with Crippen LogP contribution in [0.2, 0.25) is 0 Å². The number of nitrogens with zero attached hydrogens (tertiary/aromatic N) is 1. The molecule has 0 aliphatic rings. The number of fused-ring (bicyclic) bond motifs is 1. The van der Waals surface area contributed by atoms with Gasteiger partial charge in [0.25, 0.3) is 0 Å². The van der Waals surface area contributed by atoms with E-state index < -0.39 is 0 Å². The summed E-state index contributed by atoms with van der Waals surface area (Å²) in [6.07, 6.45) is 0. The third-order valence-electron chi connectivity index (χ3n) is 3.44. The van der Waals surface area contributed by atoms with Gasteiger partial charge in [-0.05, 0) is 30.2 Å². The van der Waals surface area contributed by atoms with Crippen molar-refractivity contribution in [2.24, 2.45) is 5.73 Å². The van der Waals surface area contributed by atoms with Gasteiger partial charge in [0.2, 0.25) is 0 Å². The molecule has 1 heterocycles. The highest BCUT2D eigenvalue weighted by atomic mass is 32.2. The van der Waals surface area contributed by atoms with E-state index in [0.717, 1.165) is 27.2 Å². The Hall–Kier alpha value is -1.84. The van der Waals surface area contributed by atoms with Gasteiger partial charge in [-0.3, -0.25) is 0 Å². The van der Waals surface area contributed by atoms with Gasteiger partial charge in [0, 0.05) is 17.7 Å². The molecule has 3 heteroatoms. The van der Waals surface area contributed by atoms with E-state index in [1.165, 1.54) is 11.1 Å². The standard InChI is InChI=1S/C18H18N2S/c1-13-5-4-6-14(9-13)12-21-18-16(11-19)10-15-7-2-3-8-17(15)20-18/h2-10H,11-12,19H2,1H3. The largest absolute Gasteiger partial charge is 0.326 e. The molecule has 2 nitrogen and oxygen atoms in total. The van der Waals surface area contributed by atoms with Crippen molar-refractivity contribution in [3.05, 3.63) is 71.3 Å². The van der Waals surface area contributed by atoms with Gasteiger partial charge in [0.1, 0.15) is 5.03 Å². The van der Waals surface area contributed by atoms with E-state index in [2.05, 4.69) is 43.3 Å². The Labute approximate surface area is 129 Å². The fraction of sp³-hybridized carbons (Fsp3) is 0.167. The second-order valence-electron chi connectivity index (χ2n) is 5.13. The molecule has 0 unspecified atom stereocenters. The first-order chi connectivity index (χ1) is 10.3. The molecule has 3 rings (SSSR count). The van der Waals surface area contributed by atoms with Crippen LogP contribution in [0.25, 0.3) is 10.9 Å². The van der Waals surface area contributed by atoms with Crippen LogP contribution in [0.4, 0.5) is 0 Å². The second-order valence-corrected chi connectivity index (χ2v) is 6.09. The molecule has 0 radical (unpaired) electrons. The molecule has 0 saturated carbocycles. The molecule has 0 aliphatic heterocycles. The van der Waals surface area contributed by atoms with Gasteiger partial charge < -0.3 is 5.73 Å². The normalized spacial score (nSPS) is 11.0. The molecule has 2 aromatic carbocycles. The average Bonchev–Trinajstić information content (AvgIpc) is 2.52. The average molecular weight is 294 g/mol. The van der Waals surface area contributed by atoms with E-state index in [1.807, 2.05) is 18.2 Å². The van der Waals surface area contributed by atoms with Crippen LogP contribution in [-0.4, -0.2) is 4.98 Å². The van der Waals surface area contributed by atoms with Crippen LogP contribution < -0.4 is 5.73 Å². The summed E-state index contributed by atoms with van der Waals surface area (Å²) >= 11 is 1.76. The zero-order chi connectivity index (χ0) is 14.7. The highest BCUT2D eigenvalue weighted by Gasteiger charge is 2.07. The van der Waals surface area contributed by atoms with Crippen LogP contribution in [0.15, 0.2) is 59.6 Å². The fourth-order valence-electron chi connectivity index (χ4n) is 2.37. The van der Waals surface area contributed by atoms with Crippen molar-refractivity contribution in [3.8, 4) is 0 Å². The predicted molar refractivity (Wildman–Crippen MR) is 90.4 cm³/mol. The first kappa shape index (κ1) is 14.1. The number of aryl methyl sites for hydroxylation is 1. The van der Waals surface area contributed by atoms with Gasteiger partial charge in [-0.2, -0.15) is 0 Å².